The maximum absolute atomic E-state index is 5.49. The standard InChI is InChI=1S/C12H20O4Si/c1-10(17(14-3,15-4)16-5)11-8-6-7-9-12(11)13-2/h6-10H,1-5H3. The number of para-hydroxylation sites is 1. The normalized spacial score (nSPS) is 13.5. The summed E-state index contributed by atoms with van der Waals surface area (Å²) in [7, 11) is 3.81. The molecule has 0 aliphatic carbocycles. The van der Waals surface area contributed by atoms with Gasteiger partial charge in [0, 0.05) is 26.9 Å². The van der Waals surface area contributed by atoms with E-state index in [1.807, 2.05) is 31.2 Å². The lowest BCUT2D eigenvalue weighted by molar-refractivity contribution is 0.114. The van der Waals surface area contributed by atoms with Gasteiger partial charge in [0.25, 0.3) is 0 Å². The molecule has 1 aromatic rings. The van der Waals surface area contributed by atoms with Crippen LogP contribution in [0.3, 0.4) is 0 Å². The average molecular weight is 256 g/mol. The smallest absolute Gasteiger partial charge is 0.496 e. The highest BCUT2D eigenvalue weighted by Crippen LogP contribution is 2.33. The number of hydrogen-bond acceptors (Lipinski definition) is 4. The topological polar surface area (TPSA) is 36.9 Å². The Morgan fingerprint density at radius 2 is 1.47 bits per heavy atom. The maximum Gasteiger partial charge on any atom is 0.507 e. The highest BCUT2D eigenvalue weighted by atomic mass is 28.4. The molecule has 0 aliphatic heterocycles. The van der Waals surface area contributed by atoms with E-state index < -0.39 is 8.80 Å². The predicted octanol–water partition coefficient (Wildman–Crippen LogP) is 2.22. The van der Waals surface area contributed by atoms with Crippen molar-refractivity contribution in [3.05, 3.63) is 29.8 Å². The second kappa shape index (κ2) is 6.16. The second-order valence-electron chi connectivity index (χ2n) is 3.68. The van der Waals surface area contributed by atoms with Gasteiger partial charge in [-0.15, -0.1) is 0 Å². The van der Waals surface area contributed by atoms with Crippen LogP contribution in [0.5, 0.6) is 5.75 Å². The van der Waals surface area contributed by atoms with Crippen molar-refractivity contribution in [2.24, 2.45) is 0 Å². The summed E-state index contributed by atoms with van der Waals surface area (Å²) < 4.78 is 21.8. The zero-order valence-corrected chi connectivity index (χ0v) is 12.0. The first-order valence-electron chi connectivity index (χ1n) is 5.43. The van der Waals surface area contributed by atoms with E-state index in [4.69, 9.17) is 18.0 Å². The van der Waals surface area contributed by atoms with Crippen LogP contribution in [0.15, 0.2) is 24.3 Å². The van der Waals surface area contributed by atoms with Gasteiger partial charge in [0.15, 0.2) is 0 Å². The number of ether oxygens (including phenoxy) is 1. The van der Waals surface area contributed by atoms with Gasteiger partial charge in [-0.3, -0.25) is 0 Å². The highest BCUT2D eigenvalue weighted by molar-refractivity contribution is 6.62. The van der Waals surface area contributed by atoms with Crippen molar-refractivity contribution < 1.29 is 18.0 Å². The summed E-state index contributed by atoms with van der Waals surface area (Å²) in [6, 6.07) is 7.83. The third-order valence-electron chi connectivity index (χ3n) is 2.99. The van der Waals surface area contributed by atoms with E-state index in [9.17, 15) is 0 Å². The van der Waals surface area contributed by atoms with Gasteiger partial charge in [0.05, 0.1) is 12.7 Å². The first kappa shape index (κ1) is 14.2. The Hall–Kier alpha value is -0.883. The summed E-state index contributed by atoms with van der Waals surface area (Å²) in [6.07, 6.45) is 0. The maximum atomic E-state index is 5.49. The molecular formula is C12H20O4Si. The van der Waals surface area contributed by atoms with Crippen LogP contribution in [0.2, 0.25) is 0 Å². The van der Waals surface area contributed by atoms with Gasteiger partial charge in [-0.2, -0.15) is 0 Å². The summed E-state index contributed by atoms with van der Waals surface area (Å²) in [6.45, 7) is 2.03. The van der Waals surface area contributed by atoms with E-state index in [1.54, 1.807) is 28.4 Å². The van der Waals surface area contributed by atoms with E-state index in [0.29, 0.717) is 0 Å². The molecule has 4 nitrogen and oxygen atoms in total. The van der Waals surface area contributed by atoms with Gasteiger partial charge < -0.3 is 18.0 Å². The molecular weight excluding hydrogens is 236 g/mol. The molecule has 0 N–H and O–H groups in total. The molecule has 0 radical (unpaired) electrons. The Morgan fingerprint density at radius 3 is 1.94 bits per heavy atom. The summed E-state index contributed by atoms with van der Waals surface area (Å²) >= 11 is 0. The van der Waals surface area contributed by atoms with E-state index in [0.717, 1.165) is 11.3 Å². The number of benzene rings is 1. The van der Waals surface area contributed by atoms with Crippen molar-refractivity contribution >= 4 is 8.80 Å². The number of methoxy groups -OCH3 is 1. The lowest BCUT2D eigenvalue weighted by Crippen LogP contribution is -2.48. The van der Waals surface area contributed by atoms with Crippen LogP contribution in [0.1, 0.15) is 18.0 Å². The van der Waals surface area contributed by atoms with Crippen molar-refractivity contribution in [3.8, 4) is 5.75 Å². The molecule has 0 aromatic heterocycles. The minimum atomic E-state index is -2.69. The molecule has 1 unspecified atom stereocenters. The fourth-order valence-corrected chi connectivity index (χ4v) is 4.17. The minimum absolute atomic E-state index is 0.0126. The largest absolute Gasteiger partial charge is 0.507 e. The molecule has 1 atom stereocenters. The molecule has 0 bridgehead atoms. The van der Waals surface area contributed by atoms with Crippen molar-refractivity contribution in [2.75, 3.05) is 28.4 Å². The quantitative estimate of drug-likeness (QED) is 0.731. The fraction of sp³-hybridized carbons (Fsp3) is 0.500. The molecule has 0 saturated carbocycles. The molecule has 1 aromatic carbocycles. The third-order valence-corrected chi connectivity index (χ3v) is 6.07. The van der Waals surface area contributed by atoms with Gasteiger partial charge in [0.2, 0.25) is 0 Å². The Labute approximate surface area is 104 Å². The van der Waals surface area contributed by atoms with Gasteiger partial charge >= 0.3 is 8.80 Å². The lowest BCUT2D eigenvalue weighted by atomic mass is 10.1. The monoisotopic (exact) mass is 256 g/mol. The molecule has 96 valence electrons. The Bertz CT molecular complexity index is 344. The lowest BCUT2D eigenvalue weighted by Gasteiger charge is -2.31. The van der Waals surface area contributed by atoms with Crippen LogP contribution < -0.4 is 4.74 Å². The molecule has 17 heavy (non-hydrogen) atoms. The van der Waals surface area contributed by atoms with Crippen molar-refractivity contribution in [1.82, 2.24) is 0 Å². The zero-order chi connectivity index (χ0) is 12.9. The van der Waals surface area contributed by atoms with Crippen LogP contribution in [0.4, 0.5) is 0 Å². The molecule has 1 rings (SSSR count). The predicted molar refractivity (Wildman–Crippen MR) is 68.2 cm³/mol. The van der Waals surface area contributed by atoms with Gasteiger partial charge in [-0.1, -0.05) is 25.1 Å². The Kier molecular flexibility index (Phi) is 5.14. The summed E-state index contributed by atoms with van der Waals surface area (Å²) in [5, 5.41) is 0. The van der Waals surface area contributed by atoms with Crippen molar-refractivity contribution in [3.63, 3.8) is 0 Å². The summed E-state index contributed by atoms with van der Waals surface area (Å²) in [4.78, 5) is 0. The first-order chi connectivity index (χ1) is 8.15. The van der Waals surface area contributed by atoms with Gasteiger partial charge in [0.1, 0.15) is 5.75 Å². The van der Waals surface area contributed by atoms with E-state index in [-0.39, 0.29) is 5.54 Å². The van der Waals surface area contributed by atoms with Crippen LogP contribution in [0, 0.1) is 0 Å². The van der Waals surface area contributed by atoms with E-state index >= 15 is 0 Å². The first-order valence-corrected chi connectivity index (χ1v) is 7.23. The number of hydrogen-bond donors (Lipinski definition) is 0. The Morgan fingerprint density at radius 1 is 0.941 bits per heavy atom. The zero-order valence-electron chi connectivity index (χ0n) is 11.0. The van der Waals surface area contributed by atoms with Crippen LogP contribution in [0.25, 0.3) is 0 Å². The number of rotatable bonds is 6. The van der Waals surface area contributed by atoms with E-state index in [2.05, 4.69) is 0 Å². The molecule has 5 heteroatoms. The fourth-order valence-electron chi connectivity index (χ4n) is 1.99. The van der Waals surface area contributed by atoms with Crippen molar-refractivity contribution in [2.45, 2.75) is 12.5 Å². The summed E-state index contributed by atoms with van der Waals surface area (Å²) in [5.41, 5.74) is 1.05. The molecule has 0 saturated heterocycles. The molecule has 0 spiro atoms. The average Bonchev–Trinajstić information content (AvgIpc) is 2.41. The molecule has 0 amide bonds. The second-order valence-corrected chi connectivity index (χ2v) is 6.98. The molecule has 0 aliphatic rings. The van der Waals surface area contributed by atoms with E-state index in [1.165, 1.54) is 0 Å². The summed E-state index contributed by atoms with van der Waals surface area (Å²) in [5.74, 6) is 0.822. The van der Waals surface area contributed by atoms with Gasteiger partial charge in [-0.05, 0) is 6.07 Å². The van der Waals surface area contributed by atoms with Crippen LogP contribution in [-0.2, 0) is 13.3 Å². The van der Waals surface area contributed by atoms with Crippen LogP contribution >= 0.6 is 0 Å². The van der Waals surface area contributed by atoms with Gasteiger partial charge in [-0.25, -0.2) is 0 Å². The third kappa shape index (κ3) is 2.69. The Balaban J connectivity index is 3.13. The van der Waals surface area contributed by atoms with Crippen molar-refractivity contribution in [1.29, 1.82) is 0 Å². The molecule has 0 heterocycles. The highest BCUT2D eigenvalue weighted by Gasteiger charge is 2.46. The SMILES string of the molecule is COc1ccccc1C(C)[Si](OC)(OC)OC. The van der Waals surface area contributed by atoms with Crippen LogP contribution in [-0.4, -0.2) is 37.2 Å². The minimum Gasteiger partial charge on any atom is -0.496 e. The molecule has 0 fully saturated rings.